The molecule has 0 atom stereocenters. The molecule has 0 aromatic carbocycles. The maximum atomic E-state index is 12.0. The Morgan fingerprint density at radius 1 is 1.29 bits per heavy atom. The molecule has 1 aliphatic carbocycles. The van der Waals surface area contributed by atoms with Crippen LogP contribution in [0, 0.1) is 11.3 Å². The SMILES string of the molecule is CC(C)(C)OC(=O)N1CC2(CCC(CC(=O)NN)CC2)C1. The van der Waals surface area contributed by atoms with Crippen LogP contribution in [-0.2, 0) is 9.53 Å². The van der Waals surface area contributed by atoms with Gasteiger partial charge < -0.3 is 9.64 Å². The van der Waals surface area contributed by atoms with Crippen molar-refractivity contribution in [3.63, 3.8) is 0 Å². The second-order valence-corrected chi connectivity index (χ2v) is 7.55. The van der Waals surface area contributed by atoms with Gasteiger partial charge in [0.1, 0.15) is 5.60 Å². The molecular formula is C15H27N3O3. The van der Waals surface area contributed by atoms with E-state index in [1.807, 2.05) is 20.8 Å². The van der Waals surface area contributed by atoms with Crippen molar-refractivity contribution in [2.45, 2.75) is 58.5 Å². The quantitative estimate of drug-likeness (QED) is 0.462. The van der Waals surface area contributed by atoms with Crippen LogP contribution in [0.3, 0.4) is 0 Å². The van der Waals surface area contributed by atoms with Gasteiger partial charge in [0, 0.05) is 24.9 Å². The monoisotopic (exact) mass is 297 g/mol. The third kappa shape index (κ3) is 4.09. The molecule has 2 aliphatic rings. The van der Waals surface area contributed by atoms with Gasteiger partial charge in [-0.15, -0.1) is 0 Å². The molecule has 6 heteroatoms. The molecule has 0 aromatic heterocycles. The van der Waals surface area contributed by atoms with Gasteiger partial charge in [-0.05, 0) is 52.4 Å². The van der Waals surface area contributed by atoms with Crippen LogP contribution < -0.4 is 11.3 Å². The van der Waals surface area contributed by atoms with Crippen molar-refractivity contribution in [1.29, 1.82) is 0 Å². The number of hydrogen-bond acceptors (Lipinski definition) is 4. The molecule has 1 saturated carbocycles. The van der Waals surface area contributed by atoms with Crippen molar-refractivity contribution in [3.8, 4) is 0 Å². The maximum Gasteiger partial charge on any atom is 0.410 e. The fraction of sp³-hybridized carbons (Fsp3) is 0.867. The summed E-state index contributed by atoms with van der Waals surface area (Å²) in [6, 6.07) is 0. The van der Waals surface area contributed by atoms with E-state index in [1.165, 1.54) is 0 Å². The van der Waals surface area contributed by atoms with Crippen LogP contribution in [0.5, 0.6) is 0 Å². The van der Waals surface area contributed by atoms with Gasteiger partial charge in [0.2, 0.25) is 5.91 Å². The Hall–Kier alpha value is -1.30. The van der Waals surface area contributed by atoms with Gasteiger partial charge in [-0.25, -0.2) is 10.6 Å². The molecule has 0 aromatic rings. The number of nitrogens with two attached hydrogens (primary N) is 1. The molecule has 1 spiro atoms. The Balaban J connectivity index is 1.75. The summed E-state index contributed by atoms with van der Waals surface area (Å²) in [7, 11) is 0. The van der Waals surface area contributed by atoms with E-state index in [2.05, 4.69) is 5.43 Å². The lowest BCUT2D eigenvalue weighted by molar-refractivity contribution is -0.122. The summed E-state index contributed by atoms with van der Waals surface area (Å²) in [5, 5.41) is 0. The van der Waals surface area contributed by atoms with Gasteiger partial charge >= 0.3 is 6.09 Å². The zero-order valence-corrected chi connectivity index (χ0v) is 13.3. The standard InChI is InChI=1S/C15H27N3O3/c1-14(2,3)21-13(20)18-9-15(10-18)6-4-11(5-7-15)8-12(19)17-16/h11H,4-10,16H2,1-3H3,(H,17,19). The van der Waals surface area contributed by atoms with E-state index in [0.29, 0.717) is 12.3 Å². The zero-order chi connectivity index (χ0) is 15.7. The number of amides is 2. The largest absolute Gasteiger partial charge is 0.444 e. The first-order valence-corrected chi connectivity index (χ1v) is 7.70. The Morgan fingerprint density at radius 2 is 1.86 bits per heavy atom. The summed E-state index contributed by atoms with van der Waals surface area (Å²) in [6.45, 7) is 7.23. The number of nitrogens with one attached hydrogen (secondary N) is 1. The fourth-order valence-electron chi connectivity index (χ4n) is 3.35. The fourth-order valence-corrected chi connectivity index (χ4v) is 3.35. The van der Waals surface area contributed by atoms with Crippen molar-refractivity contribution >= 4 is 12.0 Å². The molecule has 2 fully saturated rings. The van der Waals surface area contributed by atoms with Crippen molar-refractivity contribution < 1.29 is 14.3 Å². The Kier molecular flexibility index (Phi) is 4.46. The Morgan fingerprint density at radius 3 is 2.33 bits per heavy atom. The topological polar surface area (TPSA) is 84.7 Å². The smallest absolute Gasteiger partial charge is 0.410 e. The molecule has 2 rings (SSSR count). The molecule has 0 radical (unpaired) electrons. The highest BCUT2D eigenvalue weighted by Crippen LogP contribution is 2.46. The predicted octanol–water partition coefficient (Wildman–Crippen LogP) is 1.79. The summed E-state index contributed by atoms with van der Waals surface area (Å²) in [5.41, 5.74) is 2.02. The second kappa shape index (κ2) is 5.83. The highest BCUT2D eigenvalue weighted by Gasteiger charge is 2.48. The third-order valence-corrected chi connectivity index (χ3v) is 4.51. The lowest BCUT2D eigenvalue weighted by Gasteiger charge is -2.53. The maximum absolute atomic E-state index is 12.0. The second-order valence-electron chi connectivity index (χ2n) is 7.55. The number of likely N-dealkylation sites (tertiary alicyclic amines) is 1. The molecule has 120 valence electrons. The van der Waals surface area contributed by atoms with E-state index in [4.69, 9.17) is 10.6 Å². The van der Waals surface area contributed by atoms with Crippen LogP contribution in [0.2, 0.25) is 0 Å². The average molecular weight is 297 g/mol. The van der Waals surface area contributed by atoms with E-state index in [-0.39, 0.29) is 17.4 Å². The first kappa shape index (κ1) is 16.1. The van der Waals surface area contributed by atoms with Crippen molar-refractivity contribution in [3.05, 3.63) is 0 Å². The molecule has 1 aliphatic heterocycles. The Bertz CT molecular complexity index is 401. The van der Waals surface area contributed by atoms with Crippen LogP contribution in [0.4, 0.5) is 4.79 Å². The van der Waals surface area contributed by atoms with Gasteiger partial charge in [0.25, 0.3) is 0 Å². The molecule has 1 saturated heterocycles. The minimum Gasteiger partial charge on any atom is -0.444 e. The lowest BCUT2D eigenvalue weighted by Crippen LogP contribution is -2.60. The molecule has 1 heterocycles. The summed E-state index contributed by atoms with van der Waals surface area (Å²) >= 11 is 0. The summed E-state index contributed by atoms with van der Waals surface area (Å²) < 4.78 is 5.38. The molecule has 2 amide bonds. The van der Waals surface area contributed by atoms with Crippen LogP contribution in [0.25, 0.3) is 0 Å². The van der Waals surface area contributed by atoms with Crippen molar-refractivity contribution in [1.82, 2.24) is 10.3 Å². The van der Waals surface area contributed by atoms with Crippen molar-refractivity contribution in [2.24, 2.45) is 17.2 Å². The van der Waals surface area contributed by atoms with E-state index in [1.54, 1.807) is 4.90 Å². The number of rotatable bonds is 2. The average Bonchev–Trinajstić information content (AvgIpc) is 2.34. The number of ether oxygens (including phenoxy) is 1. The first-order valence-electron chi connectivity index (χ1n) is 7.70. The lowest BCUT2D eigenvalue weighted by atomic mass is 9.65. The van der Waals surface area contributed by atoms with Gasteiger partial charge in [-0.1, -0.05) is 0 Å². The van der Waals surface area contributed by atoms with E-state index in [9.17, 15) is 9.59 Å². The van der Waals surface area contributed by atoms with Crippen LogP contribution in [0.15, 0.2) is 0 Å². The number of hydrazine groups is 1. The number of carbonyl (C=O) groups excluding carboxylic acids is 2. The molecular weight excluding hydrogens is 270 g/mol. The van der Waals surface area contributed by atoms with Gasteiger partial charge in [-0.2, -0.15) is 0 Å². The Labute approximate surface area is 126 Å². The molecule has 6 nitrogen and oxygen atoms in total. The van der Waals surface area contributed by atoms with Gasteiger partial charge in [0.05, 0.1) is 0 Å². The predicted molar refractivity (Wildman–Crippen MR) is 79.1 cm³/mol. The van der Waals surface area contributed by atoms with Gasteiger partial charge in [0.15, 0.2) is 0 Å². The number of nitrogens with zero attached hydrogens (tertiary/aromatic N) is 1. The van der Waals surface area contributed by atoms with Crippen LogP contribution >= 0.6 is 0 Å². The molecule has 0 bridgehead atoms. The normalized spacial score (nSPS) is 21.8. The van der Waals surface area contributed by atoms with E-state index < -0.39 is 5.60 Å². The van der Waals surface area contributed by atoms with Crippen LogP contribution in [0.1, 0.15) is 52.9 Å². The highest BCUT2D eigenvalue weighted by atomic mass is 16.6. The van der Waals surface area contributed by atoms with Crippen molar-refractivity contribution in [2.75, 3.05) is 13.1 Å². The minimum absolute atomic E-state index is 0.0834. The number of carbonyl (C=O) groups is 2. The summed E-state index contributed by atoms with van der Waals surface area (Å²) in [5.74, 6) is 5.47. The van der Waals surface area contributed by atoms with E-state index >= 15 is 0 Å². The molecule has 3 N–H and O–H groups in total. The zero-order valence-electron chi connectivity index (χ0n) is 13.3. The first-order chi connectivity index (χ1) is 9.73. The summed E-state index contributed by atoms with van der Waals surface area (Å²) in [4.78, 5) is 25.0. The van der Waals surface area contributed by atoms with Gasteiger partial charge in [-0.3, -0.25) is 10.2 Å². The highest BCUT2D eigenvalue weighted by molar-refractivity contribution is 5.75. The number of hydrogen-bond donors (Lipinski definition) is 2. The van der Waals surface area contributed by atoms with E-state index in [0.717, 1.165) is 38.8 Å². The van der Waals surface area contributed by atoms with Crippen LogP contribution in [-0.4, -0.2) is 35.6 Å². The minimum atomic E-state index is -0.437. The third-order valence-electron chi connectivity index (χ3n) is 4.51. The molecule has 21 heavy (non-hydrogen) atoms. The molecule has 0 unspecified atom stereocenters. The summed E-state index contributed by atoms with van der Waals surface area (Å²) in [6.07, 6.45) is 4.54.